The molecule has 1 aromatic rings. The second-order valence-electron chi connectivity index (χ2n) is 3.82. The number of phenols is 1. The van der Waals surface area contributed by atoms with Crippen LogP contribution in [0.4, 0.5) is 0 Å². The van der Waals surface area contributed by atoms with Crippen molar-refractivity contribution < 1.29 is 19.7 Å². The molecule has 0 unspecified atom stereocenters. The lowest BCUT2D eigenvalue weighted by Crippen LogP contribution is -2.02. The first kappa shape index (κ1) is 13.8. The number of aliphatic carboxylic acids is 1. The normalized spacial score (nSPS) is 10.4. The summed E-state index contributed by atoms with van der Waals surface area (Å²) in [5.74, 6) is -0.464. The lowest BCUT2D eigenvalue weighted by atomic mass is 9.99. The number of halogens is 1. The zero-order valence-electron chi connectivity index (χ0n) is 10.0. The van der Waals surface area contributed by atoms with Crippen molar-refractivity contribution in [2.45, 2.75) is 26.7 Å². The number of carbonyl (C=O) groups is 1. The number of rotatable bonds is 4. The summed E-state index contributed by atoms with van der Waals surface area (Å²) >= 11 is 3.42. The molecule has 4 nitrogen and oxygen atoms in total. The number of phenolic OH excluding ortho intramolecular Hbond substituents is 1. The fourth-order valence-electron chi connectivity index (χ4n) is 1.79. The number of methoxy groups -OCH3 is 1. The number of ether oxygens (including phenoxy) is 1. The molecule has 2 N–H and O–H groups in total. The van der Waals surface area contributed by atoms with Gasteiger partial charge in [0.1, 0.15) is 0 Å². The maximum atomic E-state index is 10.6. The Balaban J connectivity index is 3.29. The molecule has 17 heavy (non-hydrogen) atoms. The standard InChI is InChI=1S/C12H15BrO4/c1-6-8(4-5-9(14)15)11(16)12(17-3)7(2)10(6)13/h16H,4-5H2,1-3H3,(H,14,15). The molecule has 0 saturated carbocycles. The summed E-state index contributed by atoms with van der Waals surface area (Å²) in [6.45, 7) is 3.67. The monoisotopic (exact) mass is 302 g/mol. The van der Waals surface area contributed by atoms with Crippen molar-refractivity contribution in [3.8, 4) is 11.5 Å². The maximum absolute atomic E-state index is 10.6. The van der Waals surface area contributed by atoms with Crippen LogP contribution in [0.3, 0.4) is 0 Å². The smallest absolute Gasteiger partial charge is 0.303 e. The Morgan fingerprint density at radius 2 is 1.94 bits per heavy atom. The van der Waals surface area contributed by atoms with E-state index in [0.29, 0.717) is 11.3 Å². The van der Waals surface area contributed by atoms with E-state index in [4.69, 9.17) is 9.84 Å². The van der Waals surface area contributed by atoms with Gasteiger partial charge < -0.3 is 14.9 Å². The Kier molecular flexibility index (Phi) is 4.40. The van der Waals surface area contributed by atoms with E-state index in [-0.39, 0.29) is 18.6 Å². The van der Waals surface area contributed by atoms with Crippen LogP contribution in [0.2, 0.25) is 0 Å². The molecule has 0 radical (unpaired) electrons. The fraction of sp³-hybridized carbons (Fsp3) is 0.417. The minimum atomic E-state index is -0.889. The molecule has 0 aromatic heterocycles. The largest absolute Gasteiger partial charge is 0.504 e. The molecule has 0 fully saturated rings. The second-order valence-corrected chi connectivity index (χ2v) is 4.61. The molecule has 0 aliphatic rings. The highest BCUT2D eigenvalue weighted by Crippen LogP contribution is 2.41. The summed E-state index contributed by atoms with van der Waals surface area (Å²) in [6, 6.07) is 0. The molecule has 0 spiro atoms. The molecule has 5 heteroatoms. The number of carboxylic acids is 1. The van der Waals surface area contributed by atoms with Crippen molar-refractivity contribution >= 4 is 21.9 Å². The van der Waals surface area contributed by atoms with Gasteiger partial charge in [-0.15, -0.1) is 0 Å². The van der Waals surface area contributed by atoms with Gasteiger partial charge in [0.05, 0.1) is 7.11 Å². The van der Waals surface area contributed by atoms with Gasteiger partial charge >= 0.3 is 5.97 Å². The third-order valence-electron chi connectivity index (χ3n) is 2.75. The van der Waals surface area contributed by atoms with E-state index in [0.717, 1.165) is 15.6 Å². The quantitative estimate of drug-likeness (QED) is 0.897. The van der Waals surface area contributed by atoms with Crippen LogP contribution in [0.1, 0.15) is 23.1 Å². The summed E-state index contributed by atoms with van der Waals surface area (Å²) in [5, 5.41) is 18.7. The number of hydrogen-bond donors (Lipinski definition) is 2. The first-order chi connectivity index (χ1) is 7.90. The van der Waals surface area contributed by atoms with Crippen molar-refractivity contribution in [3.63, 3.8) is 0 Å². The number of carboxylic acid groups (broad SMARTS) is 1. The summed E-state index contributed by atoms with van der Waals surface area (Å²) in [5.41, 5.74) is 2.27. The minimum Gasteiger partial charge on any atom is -0.504 e. The van der Waals surface area contributed by atoms with Crippen LogP contribution in [0.25, 0.3) is 0 Å². The minimum absolute atomic E-state index is 0.0208. The topological polar surface area (TPSA) is 66.8 Å². The van der Waals surface area contributed by atoms with Crippen LogP contribution in [-0.2, 0) is 11.2 Å². The summed E-state index contributed by atoms with van der Waals surface area (Å²) in [7, 11) is 1.48. The molecule has 0 atom stereocenters. The van der Waals surface area contributed by atoms with E-state index in [1.807, 2.05) is 13.8 Å². The van der Waals surface area contributed by atoms with Gasteiger partial charge in [-0.25, -0.2) is 0 Å². The highest BCUT2D eigenvalue weighted by Gasteiger charge is 2.18. The van der Waals surface area contributed by atoms with Gasteiger partial charge in [0.15, 0.2) is 11.5 Å². The molecular weight excluding hydrogens is 288 g/mol. The van der Waals surface area contributed by atoms with Crippen LogP contribution in [-0.4, -0.2) is 23.3 Å². The Labute approximate surface area is 108 Å². The average Bonchev–Trinajstić information content (AvgIpc) is 2.26. The van der Waals surface area contributed by atoms with Gasteiger partial charge in [0.2, 0.25) is 0 Å². The van der Waals surface area contributed by atoms with Crippen LogP contribution in [0.5, 0.6) is 11.5 Å². The Hall–Kier alpha value is -1.23. The first-order valence-corrected chi connectivity index (χ1v) is 5.95. The Morgan fingerprint density at radius 3 is 2.41 bits per heavy atom. The molecule has 0 heterocycles. The summed E-state index contributed by atoms with van der Waals surface area (Å²) in [6.07, 6.45) is 0.259. The number of hydrogen-bond acceptors (Lipinski definition) is 3. The van der Waals surface area contributed by atoms with Gasteiger partial charge in [-0.1, -0.05) is 15.9 Å². The van der Waals surface area contributed by atoms with Gasteiger partial charge in [-0.2, -0.15) is 0 Å². The van der Waals surface area contributed by atoms with Gasteiger partial charge in [0.25, 0.3) is 0 Å². The van der Waals surface area contributed by atoms with E-state index >= 15 is 0 Å². The lowest BCUT2D eigenvalue weighted by molar-refractivity contribution is -0.136. The fourth-order valence-corrected chi connectivity index (χ4v) is 2.21. The molecule has 0 aliphatic heterocycles. The van der Waals surface area contributed by atoms with Crippen molar-refractivity contribution in [2.24, 2.45) is 0 Å². The molecule has 0 amide bonds. The summed E-state index contributed by atoms with van der Waals surface area (Å²) < 4.78 is 5.97. The average molecular weight is 303 g/mol. The molecular formula is C12H15BrO4. The molecule has 0 saturated heterocycles. The van der Waals surface area contributed by atoms with Gasteiger partial charge in [0, 0.05) is 22.0 Å². The van der Waals surface area contributed by atoms with Crippen LogP contribution in [0.15, 0.2) is 4.47 Å². The summed E-state index contributed by atoms with van der Waals surface area (Å²) in [4.78, 5) is 10.6. The van der Waals surface area contributed by atoms with Crippen molar-refractivity contribution in [2.75, 3.05) is 7.11 Å². The van der Waals surface area contributed by atoms with E-state index < -0.39 is 5.97 Å². The maximum Gasteiger partial charge on any atom is 0.303 e. The van der Waals surface area contributed by atoms with E-state index in [1.165, 1.54) is 7.11 Å². The van der Waals surface area contributed by atoms with Crippen LogP contribution in [0, 0.1) is 13.8 Å². The highest BCUT2D eigenvalue weighted by molar-refractivity contribution is 9.10. The predicted molar refractivity (Wildman–Crippen MR) is 67.8 cm³/mol. The molecule has 1 rings (SSSR count). The highest BCUT2D eigenvalue weighted by atomic mass is 79.9. The van der Waals surface area contributed by atoms with Crippen LogP contribution >= 0.6 is 15.9 Å². The number of benzene rings is 1. The third-order valence-corrected chi connectivity index (χ3v) is 3.94. The number of aromatic hydroxyl groups is 1. The second kappa shape index (κ2) is 5.40. The Morgan fingerprint density at radius 1 is 1.35 bits per heavy atom. The predicted octanol–water partition coefficient (Wildman–Crippen LogP) is 2.80. The van der Waals surface area contributed by atoms with Crippen molar-refractivity contribution in [1.29, 1.82) is 0 Å². The molecule has 1 aromatic carbocycles. The lowest BCUT2D eigenvalue weighted by Gasteiger charge is -2.16. The van der Waals surface area contributed by atoms with Crippen molar-refractivity contribution in [1.82, 2.24) is 0 Å². The SMILES string of the molecule is COc1c(C)c(Br)c(C)c(CCC(=O)O)c1O. The zero-order chi connectivity index (χ0) is 13.2. The van der Waals surface area contributed by atoms with Crippen LogP contribution < -0.4 is 4.74 Å². The first-order valence-electron chi connectivity index (χ1n) is 5.16. The molecule has 0 bridgehead atoms. The van der Waals surface area contributed by atoms with E-state index in [1.54, 1.807) is 0 Å². The van der Waals surface area contributed by atoms with E-state index in [9.17, 15) is 9.90 Å². The molecule has 0 aliphatic carbocycles. The zero-order valence-corrected chi connectivity index (χ0v) is 11.6. The molecule has 94 valence electrons. The Bertz CT molecular complexity index is 455. The van der Waals surface area contributed by atoms with Gasteiger partial charge in [-0.3, -0.25) is 4.79 Å². The van der Waals surface area contributed by atoms with E-state index in [2.05, 4.69) is 15.9 Å². The van der Waals surface area contributed by atoms with Crippen molar-refractivity contribution in [3.05, 3.63) is 21.2 Å². The third kappa shape index (κ3) is 2.72. The van der Waals surface area contributed by atoms with Gasteiger partial charge in [-0.05, 0) is 25.8 Å².